The predicted molar refractivity (Wildman–Crippen MR) is 77.2 cm³/mol. The maximum absolute atomic E-state index is 11.6. The summed E-state index contributed by atoms with van der Waals surface area (Å²) in [5, 5.41) is 11.5. The van der Waals surface area contributed by atoms with Crippen molar-refractivity contribution < 1.29 is 14.7 Å². The average Bonchev–Trinajstić information content (AvgIpc) is 2.77. The van der Waals surface area contributed by atoms with Crippen LogP contribution in [-0.2, 0) is 9.59 Å². The third-order valence-electron chi connectivity index (χ3n) is 2.62. The van der Waals surface area contributed by atoms with Gasteiger partial charge in [0.2, 0.25) is 5.91 Å². The molecule has 0 spiro atoms. The lowest BCUT2D eigenvalue weighted by atomic mass is 10.1. The highest BCUT2D eigenvalue weighted by molar-refractivity contribution is 7.12. The number of hydrogen-bond acceptors (Lipinski definition) is 3. The number of carboxylic acid groups (broad SMARTS) is 1. The van der Waals surface area contributed by atoms with E-state index < -0.39 is 12.0 Å². The number of thiophene rings is 1. The van der Waals surface area contributed by atoms with E-state index in [1.807, 2.05) is 26.0 Å². The van der Waals surface area contributed by atoms with Crippen LogP contribution >= 0.6 is 11.3 Å². The van der Waals surface area contributed by atoms with Crippen molar-refractivity contribution in [3.63, 3.8) is 0 Å². The molecule has 1 atom stereocenters. The van der Waals surface area contributed by atoms with E-state index >= 15 is 0 Å². The molecule has 2 N–H and O–H groups in total. The first-order valence-electron chi connectivity index (χ1n) is 6.30. The quantitative estimate of drug-likeness (QED) is 0.755. The number of rotatable bonds is 7. The maximum atomic E-state index is 11.6. The van der Waals surface area contributed by atoms with Gasteiger partial charge in [0, 0.05) is 15.8 Å². The van der Waals surface area contributed by atoms with E-state index in [2.05, 4.69) is 5.32 Å². The fourth-order valence-corrected chi connectivity index (χ4v) is 2.37. The number of aryl methyl sites for hydroxylation is 1. The Balaban J connectivity index is 2.52. The van der Waals surface area contributed by atoms with E-state index in [1.165, 1.54) is 11.0 Å². The van der Waals surface area contributed by atoms with Gasteiger partial charge in [0.05, 0.1) is 0 Å². The smallest absolute Gasteiger partial charge is 0.326 e. The van der Waals surface area contributed by atoms with Gasteiger partial charge in [0.25, 0.3) is 0 Å². The van der Waals surface area contributed by atoms with Crippen LogP contribution in [0.15, 0.2) is 18.2 Å². The molecule has 19 heavy (non-hydrogen) atoms. The molecule has 1 heterocycles. The van der Waals surface area contributed by atoms with Crippen molar-refractivity contribution >= 4 is 29.3 Å². The van der Waals surface area contributed by atoms with E-state index in [-0.39, 0.29) is 5.91 Å². The molecule has 0 aliphatic heterocycles. The Morgan fingerprint density at radius 1 is 1.47 bits per heavy atom. The molecule has 104 valence electrons. The molecule has 0 saturated heterocycles. The minimum absolute atomic E-state index is 0.366. The monoisotopic (exact) mass is 281 g/mol. The Morgan fingerprint density at radius 2 is 2.21 bits per heavy atom. The Bertz CT molecular complexity index is 465. The molecule has 1 rings (SSSR count). The van der Waals surface area contributed by atoms with Crippen LogP contribution in [0.1, 0.15) is 35.9 Å². The first kappa shape index (κ1) is 15.4. The third kappa shape index (κ3) is 5.70. The second-order valence-corrected chi connectivity index (χ2v) is 5.64. The van der Waals surface area contributed by atoms with Gasteiger partial charge in [0.15, 0.2) is 0 Å². The zero-order chi connectivity index (χ0) is 14.3. The highest BCUT2D eigenvalue weighted by atomic mass is 32.1. The number of carboxylic acids is 1. The van der Waals surface area contributed by atoms with Gasteiger partial charge in [-0.2, -0.15) is 0 Å². The lowest BCUT2D eigenvalue weighted by molar-refractivity contribution is -0.141. The summed E-state index contributed by atoms with van der Waals surface area (Å²) >= 11 is 1.59. The number of carbonyl (C=O) groups is 2. The molecule has 0 fully saturated rings. The highest BCUT2D eigenvalue weighted by Crippen LogP contribution is 2.16. The van der Waals surface area contributed by atoms with Crippen LogP contribution in [0.5, 0.6) is 0 Å². The minimum atomic E-state index is -0.984. The Labute approximate surface area is 117 Å². The summed E-state index contributed by atoms with van der Waals surface area (Å²) < 4.78 is 0. The largest absolute Gasteiger partial charge is 0.480 e. The summed E-state index contributed by atoms with van der Waals surface area (Å²) in [7, 11) is 0. The van der Waals surface area contributed by atoms with E-state index in [0.29, 0.717) is 6.42 Å². The minimum Gasteiger partial charge on any atom is -0.480 e. The fourth-order valence-electron chi connectivity index (χ4n) is 1.59. The normalized spacial score (nSPS) is 12.5. The van der Waals surface area contributed by atoms with Gasteiger partial charge in [-0.25, -0.2) is 4.79 Å². The van der Waals surface area contributed by atoms with Crippen LogP contribution in [0, 0.1) is 6.92 Å². The summed E-state index contributed by atoms with van der Waals surface area (Å²) in [5.41, 5.74) is 0. The number of unbranched alkanes of at least 4 members (excludes halogenated alkanes) is 1. The molecular formula is C14H19NO3S. The number of carbonyl (C=O) groups excluding carboxylic acids is 1. The van der Waals surface area contributed by atoms with Crippen LogP contribution in [0.25, 0.3) is 6.08 Å². The molecule has 0 radical (unpaired) electrons. The van der Waals surface area contributed by atoms with Crippen LogP contribution in [0.3, 0.4) is 0 Å². The molecule has 0 aliphatic carbocycles. The molecule has 0 saturated carbocycles. The highest BCUT2D eigenvalue weighted by Gasteiger charge is 2.17. The molecule has 0 bridgehead atoms. The first-order valence-corrected chi connectivity index (χ1v) is 7.12. The zero-order valence-electron chi connectivity index (χ0n) is 11.2. The topological polar surface area (TPSA) is 66.4 Å². The fraction of sp³-hybridized carbons (Fsp3) is 0.429. The molecule has 1 aromatic heterocycles. The van der Waals surface area contributed by atoms with Crippen LogP contribution in [0.4, 0.5) is 0 Å². The number of amides is 1. The van der Waals surface area contributed by atoms with Gasteiger partial charge in [-0.1, -0.05) is 19.8 Å². The van der Waals surface area contributed by atoms with Crippen LogP contribution in [0.2, 0.25) is 0 Å². The molecule has 0 aliphatic rings. The molecule has 0 aromatic carbocycles. The van der Waals surface area contributed by atoms with E-state index in [4.69, 9.17) is 5.11 Å². The predicted octanol–water partition coefficient (Wildman–Crippen LogP) is 2.83. The second-order valence-electron chi connectivity index (χ2n) is 4.32. The molecule has 4 nitrogen and oxygen atoms in total. The van der Waals surface area contributed by atoms with Crippen molar-refractivity contribution in [3.05, 3.63) is 28.0 Å². The molecule has 1 aromatic rings. The number of aliphatic carboxylic acids is 1. The molecular weight excluding hydrogens is 262 g/mol. The van der Waals surface area contributed by atoms with Gasteiger partial charge in [0.1, 0.15) is 6.04 Å². The number of nitrogens with one attached hydrogen (secondary N) is 1. The summed E-state index contributed by atoms with van der Waals surface area (Å²) in [6, 6.07) is 3.10. The summed E-state index contributed by atoms with van der Waals surface area (Å²) in [6.45, 7) is 3.98. The zero-order valence-corrected chi connectivity index (χ0v) is 12.0. The van der Waals surface area contributed by atoms with Gasteiger partial charge in [-0.15, -0.1) is 11.3 Å². The maximum Gasteiger partial charge on any atom is 0.326 e. The van der Waals surface area contributed by atoms with Crippen molar-refractivity contribution in [2.24, 2.45) is 0 Å². The van der Waals surface area contributed by atoms with Crippen molar-refractivity contribution in [1.82, 2.24) is 5.32 Å². The first-order chi connectivity index (χ1) is 9.02. The van der Waals surface area contributed by atoms with Crippen LogP contribution < -0.4 is 5.32 Å². The molecule has 5 heteroatoms. The standard InChI is InChI=1S/C14H19NO3S/c1-3-4-5-12(14(17)18)15-13(16)9-8-11-7-6-10(2)19-11/h6-9,12H,3-5H2,1-2H3,(H,15,16)(H,17,18)/b9-8+. The Morgan fingerprint density at radius 3 is 2.74 bits per heavy atom. The Hall–Kier alpha value is -1.62. The third-order valence-corrected chi connectivity index (χ3v) is 3.59. The van der Waals surface area contributed by atoms with Gasteiger partial charge >= 0.3 is 5.97 Å². The van der Waals surface area contributed by atoms with Crippen LogP contribution in [-0.4, -0.2) is 23.0 Å². The van der Waals surface area contributed by atoms with Crippen molar-refractivity contribution in [2.45, 2.75) is 39.2 Å². The van der Waals surface area contributed by atoms with Crippen molar-refractivity contribution in [1.29, 1.82) is 0 Å². The second kappa shape index (κ2) is 7.74. The van der Waals surface area contributed by atoms with Gasteiger partial charge in [-0.05, 0) is 31.6 Å². The summed E-state index contributed by atoms with van der Waals surface area (Å²) in [5.74, 6) is -1.35. The molecule has 1 unspecified atom stereocenters. The van der Waals surface area contributed by atoms with Gasteiger partial charge < -0.3 is 10.4 Å². The van der Waals surface area contributed by atoms with Crippen molar-refractivity contribution in [3.8, 4) is 0 Å². The lowest BCUT2D eigenvalue weighted by Gasteiger charge is -2.12. The van der Waals surface area contributed by atoms with Gasteiger partial charge in [-0.3, -0.25) is 4.79 Å². The van der Waals surface area contributed by atoms with E-state index in [1.54, 1.807) is 17.4 Å². The Kier molecular flexibility index (Phi) is 6.29. The average molecular weight is 281 g/mol. The van der Waals surface area contributed by atoms with E-state index in [0.717, 1.165) is 17.7 Å². The molecule has 1 amide bonds. The SMILES string of the molecule is CCCCC(NC(=O)/C=C/c1ccc(C)s1)C(=O)O. The van der Waals surface area contributed by atoms with Crippen molar-refractivity contribution in [2.75, 3.05) is 0 Å². The summed E-state index contributed by atoms with van der Waals surface area (Å²) in [6.07, 6.45) is 5.23. The van der Waals surface area contributed by atoms with E-state index in [9.17, 15) is 9.59 Å². The number of hydrogen-bond donors (Lipinski definition) is 2. The summed E-state index contributed by atoms with van der Waals surface area (Å²) in [4.78, 5) is 24.8. The lowest BCUT2D eigenvalue weighted by Crippen LogP contribution is -2.39.